The lowest BCUT2D eigenvalue weighted by molar-refractivity contribution is -0.134. The minimum Gasteiger partial charge on any atom is -0.486 e. The van der Waals surface area contributed by atoms with E-state index in [2.05, 4.69) is 31.0 Å². The van der Waals surface area contributed by atoms with E-state index in [0.717, 1.165) is 22.5 Å². The first kappa shape index (κ1) is 24.3. The molecule has 0 unspecified atom stereocenters. The quantitative estimate of drug-likeness (QED) is 0.440. The van der Waals surface area contributed by atoms with Crippen LogP contribution in [0.3, 0.4) is 0 Å². The Balaban J connectivity index is 1.16. The highest BCUT2D eigenvalue weighted by molar-refractivity contribution is 6.01. The normalized spacial score (nSPS) is 16.8. The third-order valence-electron chi connectivity index (χ3n) is 7.53. The summed E-state index contributed by atoms with van der Waals surface area (Å²) < 4.78 is 12.4. The van der Waals surface area contributed by atoms with Crippen LogP contribution in [0.1, 0.15) is 78.4 Å². The van der Waals surface area contributed by atoms with Gasteiger partial charge in [0.15, 0.2) is 17.4 Å². The molecular weight excluding hydrogens is 452 g/mol. The van der Waals surface area contributed by atoms with E-state index in [4.69, 9.17) is 9.15 Å². The smallest absolute Gasteiger partial charge is 0.223 e. The van der Waals surface area contributed by atoms with Crippen molar-refractivity contribution in [1.82, 2.24) is 9.88 Å². The molecule has 6 nitrogen and oxygen atoms in total. The van der Waals surface area contributed by atoms with E-state index in [1.165, 1.54) is 5.56 Å². The van der Waals surface area contributed by atoms with Crippen molar-refractivity contribution in [2.75, 3.05) is 13.1 Å². The average molecular weight is 487 g/mol. The van der Waals surface area contributed by atoms with E-state index < -0.39 is 5.60 Å². The predicted molar refractivity (Wildman–Crippen MR) is 138 cm³/mol. The molecule has 36 heavy (non-hydrogen) atoms. The number of aromatic nitrogens is 1. The van der Waals surface area contributed by atoms with Crippen LogP contribution in [0.4, 0.5) is 0 Å². The number of aryl methyl sites for hydroxylation is 3. The van der Waals surface area contributed by atoms with Crippen molar-refractivity contribution < 1.29 is 18.7 Å². The van der Waals surface area contributed by atoms with E-state index in [1.807, 2.05) is 43.0 Å². The van der Waals surface area contributed by atoms with Crippen molar-refractivity contribution in [3.8, 4) is 17.1 Å². The van der Waals surface area contributed by atoms with E-state index >= 15 is 0 Å². The zero-order valence-corrected chi connectivity index (χ0v) is 21.6. The largest absolute Gasteiger partial charge is 0.486 e. The van der Waals surface area contributed by atoms with Crippen LogP contribution in [0.15, 0.2) is 47.0 Å². The molecule has 1 saturated heterocycles. The van der Waals surface area contributed by atoms with Gasteiger partial charge < -0.3 is 14.1 Å². The highest BCUT2D eigenvalue weighted by Gasteiger charge is 2.44. The molecule has 6 heteroatoms. The molecule has 3 heterocycles. The molecule has 5 rings (SSSR count). The van der Waals surface area contributed by atoms with Crippen molar-refractivity contribution >= 4 is 11.7 Å². The van der Waals surface area contributed by atoms with Crippen LogP contribution in [-0.4, -0.2) is 40.3 Å². The van der Waals surface area contributed by atoms with E-state index in [0.29, 0.717) is 68.3 Å². The van der Waals surface area contributed by atoms with Gasteiger partial charge in [0, 0.05) is 44.3 Å². The summed E-state index contributed by atoms with van der Waals surface area (Å²) in [5.74, 6) is 2.70. The number of carbonyl (C=O) groups is 2. The molecule has 1 spiro atoms. The Bertz CT molecular complexity index is 1280. The predicted octanol–water partition coefficient (Wildman–Crippen LogP) is 6.04. The highest BCUT2D eigenvalue weighted by atomic mass is 16.5. The number of oxazole rings is 1. The number of ketones is 1. The fourth-order valence-corrected chi connectivity index (χ4v) is 5.42. The SMILES string of the molecule is Cc1cc(C)c2c(c1)OC1(CCN(C(=O)CCc3ncc(-c4ccc(C(C)C)cc4)o3)CC1)CC2=O. The van der Waals surface area contributed by atoms with Crippen LogP contribution in [-0.2, 0) is 11.2 Å². The number of likely N-dealkylation sites (tertiary alicyclic amines) is 1. The van der Waals surface area contributed by atoms with Gasteiger partial charge in [-0.25, -0.2) is 4.98 Å². The molecule has 3 aromatic rings. The molecule has 0 aliphatic carbocycles. The number of rotatable bonds is 5. The zero-order valence-electron chi connectivity index (χ0n) is 21.6. The summed E-state index contributed by atoms with van der Waals surface area (Å²) >= 11 is 0. The maximum atomic E-state index is 12.9. The summed E-state index contributed by atoms with van der Waals surface area (Å²) in [5, 5.41) is 0. The molecule has 1 amide bonds. The van der Waals surface area contributed by atoms with Crippen molar-refractivity contribution in [2.45, 2.75) is 71.3 Å². The number of hydrogen-bond acceptors (Lipinski definition) is 5. The molecule has 0 radical (unpaired) electrons. The summed E-state index contributed by atoms with van der Waals surface area (Å²) in [6, 6.07) is 12.3. The number of ether oxygens (including phenoxy) is 1. The number of carbonyl (C=O) groups excluding carboxylic acids is 2. The number of amides is 1. The number of nitrogens with zero attached hydrogens (tertiary/aromatic N) is 2. The summed E-state index contributed by atoms with van der Waals surface area (Å²) in [7, 11) is 0. The first-order valence-electron chi connectivity index (χ1n) is 12.9. The number of piperidine rings is 1. The topological polar surface area (TPSA) is 72.6 Å². The number of hydrogen-bond donors (Lipinski definition) is 0. The molecule has 2 aromatic carbocycles. The van der Waals surface area contributed by atoms with Gasteiger partial charge in [0.1, 0.15) is 11.4 Å². The maximum absolute atomic E-state index is 12.9. The fraction of sp³-hybridized carbons (Fsp3) is 0.433. The summed E-state index contributed by atoms with van der Waals surface area (Å²) in [5.41, 5.74) is 4.53. The Morgan fingerprint density at radius 3 is 2.53 bits per heavy atom. The van der Waals surface area contributed by atoms with Crippen LogP contribution < -0.4 is 4.74 Å². The van der Waals surface area contributed by atoms with E-state index in [-0.39, 0.29) is 11.7 Å². The molecule has 188 valence electrons. The van der Waals surface area contributed by atoms with Crippen LogP contribution in [0.5, 0.6) is 5.75 Å². The van der Waals surface area contributed by atoms with E-state index in [1.54, 1.807) is 6.20 Å². The van der Waals surface area contributed by atoms with Gasteiger partial charge in [-0.3, -0.25) is 9.59 Å². The van der Waals surface area contributed by atoms with Gasteiger partial charge >= 0.3 is 0 Å². The second-order valence-electron chi connectivity index (χ2n) is 10.6. The fourth-order valence-electron chi connectivity index (χ4n) is 5.42. The van der Waals surface area contributed by atoms with Crippen LogP contribution in [0, 0.1) is 13.8 Å². The van der Waals surface area contributed by atoms with Gasteiger partial charge in [-0.2, -0.15) is 0 Å². The third kappa shape index (κ3) is 4.81. The molecular formula is C30H34N2O4. The van der Waals surface area contributed by atoms with Gasteiger partial charge in [-0.15, -0.1) is 0 Å². The van der Waals surface area contributed by atoms with Gasteiger partial charge in [0.25, 0.3) is 0 Å². The monoisotopic (exact) mass is 486 g/mol. The second-order valence-corrected chi connectivity index (χ2v) is 10.6. The number of Topliss-reactive ketones (excluding diaryl/α,β-unsaturated/α-hetero) is 1. The summed E-state index contributed by atoms with van der Waals surface area (Å²) in [6.07, 6.45) is 4.24. The number of benzene rings is 2. The molecule has 0 bridgehead atoms. The lowest BCUT2D eigenvalue weighted by Crippen LogP contribution is -2.52. The molecule has 0 atom stereocenters. The zero-order chi connectivity index (χ0) is 25.4. The standard InChI is InChI=1S/C30H34N2O4/c1-19(2)22-5-7-23(8-6-22)26-18-31-27(35-26)9-10-28(34)32-13-11-30(12-14-32)17-24(33)29-21(4)15-20(3)16-25(29)36-30/h5-8,15-16,18-19H,9-14,17H2,1-4H3. The van der Waals surface area contributed by atoms with E-state index in [9.17, 15) is 9.59 Å². The van der Waals surface area contributed by atoms with Crippen LogP contribution >= 0.6 is 0 Å². The van der Waals surface area contributed by atoms with Crippen molar-refractivity contribution in [3.63, 3.8) is 0 Å². The highest BCUT2D eigenvalue weighted by Crippen LogP contribution is 2.41. The second kappa shape index (κ2) is 9.57. The summed E-state index contributed by atoms with van der Waals surface area (Å²) in [6.45, 7) is 9.50. The molecule has 2 aliphatic rings. The third-order valence-corrected chi connectivity index (χ3v) is 7.53. The molecule has 1 aromatic heterocycles. The Morgan fingerprint density at radius 2 is 1.83 bits per heavy atom. The van der Waals surface area contributed by atoms with Crippen LogP contribution in [0.25, 0.3) is 11.3 Å². The lowest BCUT2D eigenvalue weighted by atomic mass is 9.81. The molecule has 1 fully saturated rings. The van der Waals surface area contributed by atoms with Gasteiger partial charge in [0.05, 0.1) is 18.2 Å². The molecule has 0 N–H and O–H groups in total. The lowest BCUT2D eigenvalue weighted by Gasteiger charge is -2.44. The van der Waals surface area contributed by atoms with Crippen molar-refractivity contribution in [3.05, 3.63) is 70.7 Å². The maximum Gasteiger partial charge on any atom is 0.223 e. The van der Waals surface area contributed by atoms with Gasteiger partial charge in [-0.1, -0.05) is 44.2 Å². The first-order valence-corrected chi connectivity index (χ1v) is 12.9. The Hall–Kier alpha value is -3.41. The van der Waals surface area contributed by atoms with Crippen molar-refractivity contribution in [2.24, 2.45) is 0 Å². The van der Waals surface area contributed by atoms with Gasteiger partial charge in [-0.05, 0) is 42.5 Å². The first-order chi connectivity index (χ1) is 17.2. The minimum atomic E-state index is -0.510. The number of fused-ring (bicyclic) bond motifs is 1. The molecule has 2 aliphatic heterocycles. The molecule has 0 saturated carbocycles. The van der Waals surface area contributed by atoms with Gasteiger partial charge in [0.2, 0.25) is 5.91 Å². The Morgan fingerprint density at radius 1 is 1.11 bits per heavy atom. The minimum absolute atomic E-state index is 0.0834. The van der Waals surface area contributed by atoms with Crippen molar-refractivity contribution in [1.29, 1.82) is 0 Å². The Labute approximate surface area is 212 Å². The average Bonchev–Trinajstić information content (AvgIpc) is 3.31. The summed E-state index contributed by atoms with van der Waals surface area (Å²) in [4.78, 5) is 32.1. The Kier molecular flexibility index (Phi) is 6.45. The van der Waals surface area contributed by atoms with Crippen LogP contribution in [0.2, 0.25) is 0 Å².